The van der Waals surface area contributed by atoms with Crippen LogP contribution in [0.4, 0.5) is 14.7 Å². The summed E-state index contributed by atoms with van der Waals surface area (Å²) in [5.41, 5.74) is 2.44. The van der Waals surface area contributed by atoms with Crippen molar-refractivity contribution in [3.8, 4) is 22.6 Å². The number of anilines is 1. The van der Waals surface area contributed by atoms with E-state index >= 15 is 0 Å². The molecule has 0 bridgehead atoms. The van der Waals surface area contributed by atoms with Crippen molar-refractivity contribution < 1.29 is 8.78 Å². The highest BCUT2D eigenvalue weighted by molar-refractivity contribution is 7.15. The van der Waals surface area contributed by atoms with Gasteiger partial charge >= 0.3 is 0 Å². The Hall–Kier alpha value is -2.91. The van der Waals surface area contributed by atoms with E-state index < -0.39 is 11.6 Å². The van der Waals surface area contributed by atoms with E-state index in [4.69, 9.17) is 4.98 Å². The smallest absolute Gasteiger partial charge is 0.223 e. The largest absolute Gasteiger partial charge is 0.350 e. The standard InChI is InChI=1S/C20H18F2N6S/c21-14-4-3-12(10-15(14)22)17-18(28-8-9-29-20(28)27-17)16-5-7-24-19(26-16)25-13-2-1-6-23-11-13/h3-5,7-10,13,23H,1-2,6,11H2,(H,24,25,26)/t13-/m1/s1. The number of piperidine rings is 1. The maximum Gasteiger partial charge on any atom is 0.223 e. The number of imidazole rings is 1. The minimum absolute atomic E-state index is 0.274. The normalized spacial score (nSPS) is 17.0. The van der Waals surface area contributed by atoms with Gasteiger partial charge in [-0.2, -0.15) is 0 Å². The van der Waals surface area contributed by atoms with Crippen molar-refractivity contribution in [2.45, 2.75) is 18.9 Å². The highest BCUT2D eigenvalue weighted by Gasteiger charge is 2.20. The molecule has 4 heterocycles. The third-order valence-corrected chi connectivity index (χ3v) is 5.74. The number of halogens is 2. The third-order valence-electron chi connectivity index (χ3n) is 4.98. The number of hydrogen-bond acceptors (Lipinski definition) is 6. The molecule has 3 aromatic heterocycles. The Morgan fingerprint density at radius 3 is 2.93 bits per heavy atom. The van der Waals surface area contributed by atoms with E-state index in [0.717, 1.165) is 42.7 Å². The predicted octanol–water partition coefficient (Wildman–Crippen LogP) is 3.96. The molecule has 0 saturated carbocycles. The van der Waals surface area contributed by atoms with Gasteiger partial charge < -0.3 is 10.6 Å². The Morgan fingerprint density at radius 1 is 1.17 bits per heavy atom. The molecule has 1 aliphatic heterocycles. The minimum atomic E-state index is -0.903. The maximum atomic E-state index is 13.9. The predicted molar refractivity (Wildman–Crippen MR) is 109 cm³/mol. The molecule has 4 aromatic rings. The summed E-state index contributed by atoms with van der Waals surface area (Å²) >= 11 is 1.47. The molecule has 1 aromatic carbocycles. The quantitative estimate of drug-likeness (QED) is 0.531. The van der Waals surface area contributed by atoms with E-state index in [1.165, 1.54) is 23.5 Å². The molecule has 1 atom stereocenters. The van der Waals surface area contributed by atoms with E-state index in [0.29, 0.717) is 22.9 Å². The summed E-state index contributed by atoms with van der Waals surface area (Å²) in [7, 11) is 0. The van der Waals surface area contributed by atoms with Gasteiger partial charge in [-0.25, -0.2) is 23.7 Å². The van der Waals surface area contributed by atoms with Gasteiger partial charge in [0.25, 0.3) is 0 Å². The van der Waals surface area contributed by atoms with Crippen molar-refractivity contribution in [1.29, 1.82) is 0 Å². The topological polar surface area (TPSA) is 67.1 Å². The number of rotatable bonds is 4. The Balaban J connectivity index is 1.58. The first kappa shape index (κ1) is 18.1. The van der Waals surface area contributed by atoms with Crippen LogP contribution in [0.5, 0.6) is 0 Å². The summed E-state index contributed by atoms with van der Waals surface area (Å²) in [5.74, 6) is -1.25. The first-order chi connectivity index (χ1) is 14.2. The molecule has 1 aliphatic rings. The van der Waals surface area contributed by atoms with E-state index in [-0.39, 0.29) is 6.04 Å². The van der Waals surface area contributed by atoms with Crippen LogP contribution in [0.1, 0.15) is 12.8 Å². The van der Waals surface area contributed by atoms with Gasteiger partial charge in [0.1, 0.15) is 5.69 Å². The average Bonchev–Trinajstić information content (AvgIpc) is 3.32. The van der Waals surface area contributed by atoms with Crippen molar-refractivity contribution in [3.63, 3.8) is 0 Å². The molecular weight excluding hydrogens is 394 g/mol. The first-order valence-corrected chi connectivity index (χ1v) is 10.3. The van der Waals surface area contributed by atoms with Crippen molar-refractivity contribution in [1.82, 2.24) is 24.7 Å². The molecule has 0 radical (unpaired) electrons. The van der Waals surface area contributed by atoms with Crippen LogP contribution in [0.15, 0.2) is 42.0 Å². The lowest BCUT2D eigenvalue weighted by molar-refractivity contribution is 0.478. The van der Waals surface area contributed by atoms with Crippen LogP contribution >= 0.6 is 11.3 Å². The average molecular weight is 412 g/mol. The van der Waals surface area contributed by atoms with Crippen LogP contribution in [-0.2, 0) is 0 Å². The van der Waals surface area contributed by atoms with E-state index in [1.54, 1.807) is 12.3 Å². The Bertz CT molecular complexity index is 1160. The fourth-order valence-electron chi connectivity index (χ4n) is 3.59. The fourth-order valence-corrected chi connectivity index (χ4v) is 4.31. The number of nitrogens with zero attached hydrogens (tertiary/aromatic N) is 4. The Kier molecular flexibility index (Phi) is 4.69. The molecule has 2 N–H and O–H groups in total. The number of fused-ring (bicyclic) bond motifs is 1. The van der Waals surface area contributed by atoms with Gasteiger partial charge in [0.15, 0.2) is 16.6 Å². The summed E-state index contributed by atoms with van der Waals surface area (Å²) in [5, 5.41) is 8.67. The molecule has 1 fully saturated rings. The van der Waals surface area contributed by atoms with Gasteiger partial charge in [0.2, 0.25) is 5.95 Å². The first-order valence-electron chi connectivity index (χ1n) is 9.41. The van der Waals surface area contributed by atoms with Gasteiger partial charge in [0, 0.05) is 35.9 Å². The third kappa shape index (κ3) is 3.47. The lowest BCUT2D eigenvalue weighted by atomic mass is 10.1. The molecule has 0 unspecified atom stereocenters. The highest BCUT2D eigenvalue weighted by atomic mass is 32.1. The van der Waals surface area contributed by atoms with Crippen molar-refractivity contribution in [2.24, 2.45) is 0 Å². The second kappa shape index (κ2) is 7.49. The molecule has 9 heteroatoms. The highest BCUT2D eigenvalue weighted by Crippen LogP contribution is 2.34. The van der Waals surface area contributed by atoms with E-state index in [2.05, 4.69) is 20.6 Å². The fraction of sp³-hybridized carbons (Fsp3) is 0.250. The van der Waals surface area contributed by atoms with Gasteiger partial charge in [-0.3, -0.25) is 4.40 Å². The molecule has 29 heavy (non-hydrogen) atoms. The number of aromatic nitrogens is 4. The van der Waals surface area contributed by atoms with E-state index in [9.17, 15) is 8.78 Å². The molecule has 0 aliphatic carbocycles. The number of thiazole rings is 1. The number of hydrogen-bond donors (Lipinski definition) is 2. The summed E-state index contributed by atoms with van der Waals surface area (Å²) < 4.78 is 29.2. The van der Waals surface area contributed by atoms with Crippen molar-refractivity contribution >= 4 is 22.2 Å². The van der Waals surface area contributed by atoms with Crippen molar-refractivity contribution in [3.05, 3.63) is 53.7 Å². The lowest BCUT2D eigenvalue weighted by Gasteiger charge is -2.23. The van der Waals surface area contributed by atoms with E-state index in [1.807, 2.05) is 16.0 Å². The molecule has 0 spiro atoms. The molecule has 5 rings (SSSR count). The number of benzene rings is 1. The zero-order valence-electron chi connectivity index (χ0n) is 15.4. The molecule has 0 amide bonds. The molecule has 6 nitrogen and oxygen atoms in total. The van der Waals surface area contributed by atoms with Gasteiger partial charge in [0.05, 0.1) is 11.4 Å². The van der Waals surface area contributed by atoms with Crippen molar-refractivity contribution in [2.75, 3.05) is 18.4 Å². The lowest BCUT2D eigenvalue weighted by Crippen LogP contribution is -2.38. The summed E-state index contributed by atoms with van der Waals surface area (Å²) in [4.78, 5) is 14.4. The zero-order valence-corrected chi connectivity index (χ0v) is 16.2. The molecular formula is C20H18F2N6S. The van der Waals surface area contributed by atoms with Crippen LogP contribution in [-0.4, -0.2) is 38.5 Å². The van der Waals surface area contributed by atoms with Crippen LogP contribution in [0, 0.1) is 11.6 Å². The maximum absolute atomic E-state index is 13.9. The van der Waals surface area contributed by atoms with Gasteiger partial charge in [-0.05, 0) is 43.7 Å². The molecule has 1 saturated heterocycles. The van der Waals surface area contributed by atoms with Crippen LogP contribution in [0.3, 0.4) is 0 Å². The number of nitrogens with one attached hydrogen (secondary N) is 2. The second-order valence-electron chi connectivity index (χ2n) is 6.95. The zero-order chi connectivity index (χ0) is 19.8. The minimum Gasteiger partial charge on any atom is -0.350 e. The van der Waals surface area contributed by atoms with Crippen LogP contribution < -0.4 is 10.6 Å². The Labute approximate surface area is 169 Å². The summed E-state index contributed by atoms with van der Waals surface area (Å²) in [6.07, 6.45) is 5.76. The van der Waals surface area contributed by atoms with Gasteiger partial charge in [-0.1, -0.05) is 0 Å². The monoisotopic (exact) mass is 412 g/mol. The molecule has 148 valence electrons. The van der Waals surface area contributed by atoms with Crippen LogP contribution in [0.2, 0.25) is 0 Å². The SMILES string of the molecule is Fc1ccc(-c2nc3sccn3c2-c2ccnc(N[C@@H]3CCCNC3)n2)cc1F. The van der Waals surface area contributed by atoms with Crippen LogP contribution in [0.25, 0.3) is 27.6 Å². The summed E-state index contributed by atoms with van der Waals surface area (Å²) in [6, 6.07) is 5.89. The second-order valence-corrected chi connectivity index (χ2v) is 7.82. The van der Waals surface area contributed by atoms with Gasteiger partial charge in [-0.15, -0.1) is 11.3 Å². The Morgan fingerprint density at radius 2 is 2.10 bits per heavy atom. The summed E-state index contributed by atoms with van der Waals surface area (Å²) in [6.45, 7) is 1.90.